The molecule has 2 atom stereocenters. The van der Waals surface area contributed by atoms with Crippen molar-refractivity contribution < 1.29 is 13.7 Å². The number of carbonyl (C=O) groups is 1. The van der Waals surface area contributed by atoms with Crippen LogP contribution in [0.3, 0.4) is 0 Å². The summed E-state index contributed by atoms with van der Waals surface area (Å²) >= 11 is 0. The summed E-state index contributed by atoms with van der Waals surface area (Å²) in [6, 6.07) is 5.58. The molecule has 2 unspecified atom stereocenters. The molecule has 0 bridgehead atoms. The number of hydrogen-bond acceptors (Lipinski definition) is 5. The van der Waals surface area contributed by atoms with Crippen molar-refractivity contribution in [1.29, 1.82) is 0 Å². The molecule has 0 radical (unpaired) electrons. The van der Waals surface area contributed by atoms with E-state index in [1.807, 2.05) is 6.92 Å². The van der Waals surface area contributed by atoms with E-state index in [0.29, 0.717) is 23.2 Å². The van der Waals surface area contributed by atoms with E-state index in [4.69, 9.17) is 4.52 Å². The number of rotatable bonds is 5. The fourth-order valence-corrected chi connectivity index (χ4v) is 2.44. The summed E-state index contributed by atoms with van der Waals surface area (Å²) in [6.07, 6.45) is 0. The molecule has 0 saturated carbocycles. The van der Waals surface area contributed by atoms with Crippen LogP contribution in [0.25, 0.3) is 11.4 Å². The summed E-state index contributed by atoms with van der Waals surface area (Å²) in [5, 5.41) is 9.89. The first-order valence-corrected chi connectivity index (χ1v) is 7.65. The van der Waals surface area contributed by atoms with Gasteiger partial charge in [-0.15, -0.1) is 12.4 Å². The number of carbonyl (C=O) groups excluding carboxylic acids is 1. The van der Waals surface area contributed by atoms with E-state index >= 15 is 0 Å². The van der Waals surface area contributed by atoms with Crippen molar-refractivity contribution in [2.45, 2.75) is 19.9 Å². The highest BCUT2D eigenvalue weighted by molar-refractivity contribution is 5.85. The lowest BCUT2D eigenvalue weighted by Gasteiger charge is -2.32. The topological polar surface area (TPSA) is 80.0 Å². The Bertz CT molecular complexity index is 705. The third-order valence-electron chi connectivity index (χ3n) is 4.19. The van der Waals surface area contributed by atoms with Crippen molar-refractivity contribution in [2.24, 2.45) is 11.8 Å². The molecule has 3 rings (SSSR count). The van der Waals surface area contributed by atoms with Gasteiger partial charge in [0.25, 0.3) is 0 Å². The van der Waals surface area contributed by atoms with Gasteiger partial charge in [0.05, 0.1) is 0 Å². The Kier molecular flexibility index (Phi) is 5.90. The van der Waals surface area contributed by atoms with Gasteiger partial charge in [-0.25, -0.2) is 4.39 Å². The first-order chi connectivity index (χ1) is 11.0. The zero-order valence-electron chi connectivity index (χ0n) is 13.5. The van der Waals surface area contributed by atoms with E-state index in [0.717, 1.165) is 13.1 Å². The van der Waals surface area contributed by atoms with Gasteiger partial charge in [-0.05, 0) is 38.1 Å². The number of aromatic nitrogens is 2. The van der Waals surface area contributed by atoms with Crippen molar-refractivity contribution in [2.75, 3.05) is 13.1 Å². The summed E-state index contributed by atoms with van der Waals surface area (Å²) < 4.78 is 18.4. The minimum absolute atomic E-state index is 0. The largest absolute Gasteiger partial charge is 0.344 e. The molecule has 1 aromatic heterocycles. The third kappa shape index (κ3) is 3.91. The SMILES string of the molecule is CC(NC(=O)C(C)C1CNC1)c1nc(-c2cccc(F)c2)no1.Cl. The van der Waals surface area contributed by atoms with Gasteiger partial charge in [0, 0.05) is 11.5 Å². The number of nitrogens with one attached hydrogen (secondary N) is 2. The van der Waals surface area contributed by atoms with Crippen molar-refractivity contribution in [1.82, 2.24) is 20.8 Å². The van der Waals surface area contributed by atoms with Gasteiger partial charge in [-0.1, -0.05) is 24.2 Å². The predicted molar refractivity (Wildman–Crippen MR) is 89.0 cm³/mol. The molecule has 1 amide bonds. The van der Waals surface area contributed by atoms with E-state index in [2.05, 4.69) is 20.8 Å². The van der Waals surface area contributed by atoms with Gasteiger partial charge in [-0.2, -0.15) is 4.98 Å². The smallest absolute Gasteiger partial charge is 0.249 e. The average Bonchev–Trinajstić information content (AvgIpc) is 2.95. The van der Waals surface area contributed by atoms with Gasteiger partial charge < -0.3 is 15.2 Å². The normalized spacial score (nSPS) is 16.6. The van der Waals surface area contributed by atoms with Crippen LogP contribution < -0.4 is 10.6 Å². The fraction of sp³-hybridized carbons (Fsp3) is 0.438. The standard InChI is InChI=1S/C16H19FN4O2.ClH/c1-9(12-7-18-8-12)15(22)19-10(2)16-20-14(21-23-16)11-4-3-5-13(17)6-11;/h3-6,9-10,12,18H,7-8H2,1-2H3,(H,19,22);1H. The minimum atomic E-state index is -0.396. The van der Waals surface area contributed by atoms with Crippen LogP contribution in [-0.4, -0.2) is 29.1 Å². The Morgan fingerprint density at radius 2 is 2.17 bits per heavy atom. The van der Waals surface area contributed by atoms with Gasteiger partial charge in [0.2, 0.25) is 17.6 Å². The van der Waals surface area contributed by atoms with E-state index in [1.165, 1.54) is 12.1 Å². The molecule has 2 heterocycles. The molecule has 0 spiro atoms. The second-order valence-corrected chi connectivity index (χ2v) is 5.90. The molecule has 6 nitrogen and oxygen atoms in total. The summed E-state index contributed by atoms with van der Waals surface area (Å²) in [5.41, 5.74) is 0.535. The lowest BCUT2D eigenvalue weighted by atomic mass is 9.88. The lowest BCUT2D eigenvalue weighted by Crippen LogP contribution is -2.49. The van der Waals surface area contributed by atoms with Crippen LogP contribution in [0.1, 0.15) is 25.8 Å². The summed E-state index contributed by atoms with van der Waals surface area (Å²) in [4.78, 5) is 16.4. The highest BCUT2D eigenvalue weighted by Crippen LogP contribution is 2.21. The highest BCUT2D eigenvalue weighted by atomic mass is 35.5. The predicted octanol–water partition coefficient (Wildman–Crippen LogP) is 2.33. The number of hydrogen-bond donors (Lipinski definition) is 2. The van der Waals surface area contributed by atoms with Crippen LogP contribution in [-0.2, 0) is 4.79 Å². The van der Waals surface area contributed by atoms with Crippen LogP contribution in [0.2, 0.25) is 0 Å². The Morgan fingerprint density at radius 3 is 2.79 bits per heavy atom. The molecule has 1 aliphatic rings. The molecule has 8 heteroatoms. The summed E-state index contributed by atoms with van der Waals surface area (Å²) in [6.45, 7) is 5.44. The molecule has 2 aromatic rings. The van der Waals surface area contributed by atoms with Crippen molar-refractivity contribution in [3.05, 3.63) is 36.0 Å². The van der Waals surface area contributed by atoms with E-state index in [-0.39, 0.29) is 30.0 Å². The Morgan fingerprint density at radius 1 is 1.42 bits per heavy atom. The molecular weight excluding hydrogens is 335 g/mol. The second kappa shape index (κ2) is 7.72. The molecule has 1 aliphatic heterocycles. The van der Waals surface area contributed by atoms with Crippen LogP contribution in [0, 0.1) is 17.7 Å². The quantitative estimate of drug-likeness (QED) is 0.861. The van der Waals surface area contributed by atoms with Crippen molar-refractivity contribution in [3.63, 3.8) is 0 Å². The number of nitrogens with zero attached hydrogens (tertiary/aromatic N) is 2. The maximum atomic E-state index is 13.2. The van der Waals surface area contributed by atoms with Gasteiger partial charge in [0.1, 0.15) is 11.9 Å². The zero-order chi connectivity index (χ0) is 16.4. The molecule has 0 aliphatic carbocycles. The van der Waals surface area contributed by atoms with Crippen LogP contribution in [0.4, 0.5) is 4.39 Å². The lowest BCUT2D eigenvalue weighted by molar-refractivity contribution is -0.127. The number of amides is 1. The molecule has 130 valence electrons. The molecule has 1 aromatic carbocycles. The summed E-state index contributed by atoms with van der Waals surface area (Å²) in [5.74, 6) is 0.512. The zero-order valence-corrected chi connectivity index (χ0v) is 14.3. The van der Waals surface area contributed by atoms with Gasteiger partial charge in [-0.3, -0.25) is 4.79 Å². The maximum Gasteiger partial charge on any atom is 0.249 e. The first kappa shape index (κ1) is 18.4. The van der Waals surface area contributed by atoms with Crippen molar-refractivity contribution >= 4 is 18.3 Å². The molecular formula is C16H20ClFN4O2. The van der Waals surface area contributed by atoms with E-state index in [1.54, 1.807) is 19.1 Å². The Labute approximate surface area is 145 Å². The average molecular weight is 355 g/mol. The van der Waals surface area contributed by atoms with Gasteiger partial charge in [0.15, 0.2) is 0 Å². The first-order valence-electron chi connectivity index (χ1n) is 7.65. The van der Waals surface area contributed by atoms with Crippen molar-refractivity contribution in [3.8, 4) is 11.4 Å². The molecule has 1 saturated heterocycles. The maximum absolute atomic E-state index is 13.2. The Hall–Kier alpha value is -1.99. The van der Waals surface area contributed by atoms with Crippen LogP contribution in [0.5, 0.6) is 0 Å². The van der Waals surface area contributed by atoms with E-state index < -0.39 is 6.04 Å². The molecule has 24 heavy (non-hydrogen) atoms. The fourth-order valence-electron chi connectivity index (χ4n) is 2.44. The van der Waals surface area contributed by atoms with E-state index in [9.17, 15) is 9.18 Å². The number of benzene rings is 1. The van der Waals surface area contributed by atoms with Crippen LogP contribution in [0.15, 0.2) is 28.8 Å². The third-order valence-corrected chi connectivity index (χ3v) is 4.19. The minimum Gasteiger partial charge on any atom is -0.344 e. The highest BCUT2D eigenvalue weighted by Gasteiger charge is 2.30. The van der Waals surface area contributed by atoms with Crippen LogP contribution >= 0.6 is 12.4 Å². The van der Waals surface area contributed by atoms with Gasteiger partial charge >= 0.3 is 0 Å². The number of halogens is 2. The summed E-state index contributed by atoms with van der Waals surface area (Å²) in [7, 11) is 0. The molecule has 2 N–H and O–H groups in total. The molecule has 1 fully saturated rings. The monoisotopic (exact) mass is 354 g/mol. The Balaban J connectivity index is 0.00000208. The second-order valence-electron chi connectivity index (χ2n) is 5.90.